The molecule has 1 aliphatic rings. The van der Waals surface area contributed by atoms with Crippen LogP contribution >= 0.6 is 23.1 Å². The summed E-state index contributed by atoms with van der Waals surface area (Å²) in [6, 6.07) is 7.80. The Bertz CT molecular complexity index is 641. The molecule has 8 heteroatoms. The van der Waals surface area contributed by atoms with Gasteiger partial charge in [0.25, 0.3) is 0 Å². The van der Waals surface area contributed by atoms with Crippen LogP contribution in [0.15, 0.2) is 28.6 Å². The Morgan fingerprint density at radius 3 is 2.82 bits per heavy atom. The number of hydrogen-bond acceptors (Lipinski definition) is 7. The molecule has 0 unspecified atom stereocenters. The van der Waals surface area contributed by atoms with Gasteiger partial charge in [-0.15, -0.1) is 10.2 Å². The molecule has 22 heavy (non-hydrogen) atoms. The number of carbonyl (C=O) groups is 1. The van der Waals surface area contributed by atoms with Crippen molar-refractivity contribution >= 4 is 39.8 Å². The molecule has 1 heterocycles. The summed E-state index contributed by atoms with van der Waals surface area (Å²) >= 11 is 2.88. The number of amides is 1. The first-order valence-electron chi connectivity index (χ1n) is 6.89. The van der Waals surface area contributed by atoms with Gasteiger partial charge in [0.15, 0.2) is 4.34 Å². The van der Waals surface area contributed by atoms with Crippen molar-refractivity contribution in [3.8, 4) is 5.75 Å². The summed E-state index contributed by atoms with van der Waals surface area (Å²) in [7, 11) is 1.61. The lowest BCUT2D eigenvalue weighted by Gasteiger charge is -2.05. The first-order valence-corrected chi connectivity index (χ1v) is 8.70. The van der Waals surface area contributed by atoms with Gasteiger partial charge in [0.2, 0.25) is 11.0 Å². The van der Waals surface area contributed by atoms with Gasteiger partial charge in [0.05, 0.1) is 12.9 Å². The summed E-state index contributed by atoms with van der Waals surface area (Å²) in [6.07, 6.45) is 2.40. The summed E-state index contributed by atoms with van der Waals surface area (Å²) in [6.45, 7) is 0. The van der Waals surface area contributed by atoms with Crippen molar-refractivity contribution in [3.05, 3.63) is 24.3 Å². The third-order valence-electron chi connectivity index (χ3n) is 3.01. The van der Waals surface area contributed by atoms with Gasteiger partial charge in [-0.25, -0.2) is 0 Å². The van der Waals surface area contributed by atoms with E-state index in [0.29, 0.717) is 11.8 Å². The fourth-order valence-electron chi connectivity index (χ4n) is 1.73. The van der Waals surface area contributed by atoms with Crippen LogP contribution in [0.5, 0.6) is 5.75 Å². The summed E-state index contributed by atoms with van der Waals surface area (Å²) in [5.74, 6) is 1.00. The molecule has 0 bridgehead atoms. The van der Waals surface area contributed by atoms with Gasteiger partial charge in [-0.1, -0.05) is 23.1 Å². The summed E-state index contributed by atoms with van der Waals surface area (Å²) in [5, 5.41) is 15.1. The third-order valence-corrected chi connectivity index (χ3v) is 5.00. The van der Waals surface area contributed by atoms with Crippen molar-refractivity contribution in [1.82, 2.24) is 10.2 Å². The second kappa shape index (κ2) is 6.97. The molecule has 6 nitrogen and oxygen atoms in total. The highest BCUT2D eigenvalue weighted by Crippen LogP contribution is 2.30. The zero-order valence-corrected chi connectivity index (χ0v) is 13.7. The van der Waals surface area contributed by atoms with Crippen molar-refractivity contribution in [2.45, 2.75) is 23.2 Å². The monoisotopic (exact) mass is 336 g/mol. The Kier molecular flexibility index (Phi) is 4.79. The first-order chi connectivity index (χ1) is 10.7. The fraction of sp³-hybridized carbons (Fsp3) is 0.357. The highest BCUT2D eigenvalue weighted by Gasteiger charge is 2.22. The van der Waals surface area contributed by atoms with Crippen molar-refractivity contribution in [2.75, 3.05) is 23.5 Å². The van der Waals surface area contributed by atoms with E-state index in [1.54, 1.807) is 7.11 Å². The lowest BCUT2D eigenvalue weighted by Crippen LogP contribution is -2.13. The average molecular weight is 336 g/mol. The lowest BCUT2D eigenvalue weighted by molar-refractivity contribution is -0.113. The second-order valence-corrected chi connectivity index (χ2v) is 7.06. The first kappa shape index (κ1) is 15.1. The molecule has 0 atom stereocenters. The number of aromatic nitrogens is 2. The highest BCUT2D eigenvalue weighted by molar-refractivity contribution is 8.01. The van der Waals surface area contributed by atoms with E-state index in [-0.39, 0.29) is 5.91 Å². The number of nitrogens with zero attached hydrogens (tertiary/aromatic N) is 2. The van der Waals surface area contributed by atoms with Crippen molar-refractivity contribution in [3.63, 3.8) is 0 Å². The maximum Gasteiger partial charge on any atom is 0.234 e. The molecule has 116 valence electrons. The number of rotatable bonds is 7. The zero-order chi connectivity index (χ0) is 15.4. The predicted molar refractivity (Wildman–Crippen MR) is 88.9 cm³/mol. The number of thioether (sulfide) groups is 1. The molecule has 1 aromatic heterocycles. The van der Waals surface area contributed by atoms with Gasteiger partial charge < -0.3 is 15.4 Å². The smallest absolute Gasteiger partial charge is 0.234 e. The minimum absolute atomic E-state index is 0.0675. The van der Waals surface area contributed by atoms with E-state index in [0.717, 1.165) is 20.9 Å². The van der Waals surface area contributed by atoms with E-state index >= 15 is 0 Å². The van der Waals surface area contributed by atoms with Crippen LogP contribution in [0.25, 0.3) is 0 Å². The largest absolute Gasteiger partial charge is 0.497 e. The highest BCUT2D eigenvalue weighted by atomic mass is 32.2. The predicted octanol–water partition coefficient (Wildman–Crippen LogP) is 2.85. The van der Waals surface area contributed by atoms with Crippen LogP contribution < -0.4 is 15.4 Å². The summed E-state index contributed by atoms with van der Waals surface area (Å²) in [4.78, 5) is 11.9. The SMILES string of the molecule is COc1ccc(NC(=O)CSc2nnc(NC3CC3)s2)cc1. The van der Waals surface area contributed by atoms with Crippen LogP contribution in [0.2, 0.25) is 0 Å². The minimum Gasteiger partial charge on any atom is -0.497 e. The summed E-state index contributed by atoms with van der Waals surface area (Å²) in [5.41, 5.74) is 0.750. The molecule has 0 radical (unpaired) electrons. The van der Waals surface area contributed by atoms with Gasteiger partial charge in [0, 0.05) is 11.7 Å². The minimum atomic E-state index is -0.0675. The zero-order valence-electron chi connectivity index (χ0n) is 12.0. The lowest BCUT2D eigenvalue weighted by atomic mass is 10.3. The van der Waals surface area contributed by atoms with E-state index < -0.39 is 0 Å². The Balaban J connectivity index is 1.45. The Morgan fingerprint density at radius 2 is 2.14 bits per heavy atom. The molecule has 1 amide bonds. The van der Waals surface area contributed by atoms with E-state index in [1.165, 1.54) is 35.9 Å². The molecule has 0 spiro atoms. The molecular formula is C14H16N4O2S2. The van der Waals surface area contributed by atoms with Crippen LogP contribution in [0, 0.1) is 0 Å². The Hall–Kier alpha value is -1.80. The molecule has 1 fully saturated rings. The Morgan fingerprint density at radius 1 is 1.36 bits per heavy atom. The van der Waals surface area contributed by atoms with Crippen molar-refractivity contribution in [1.29, 1.82) is 0 Å². The third kappa shape index (κ3) is 4.35. The number of nitrogens with one attached hydrogen (secondary N) is 2. The van der Waals surface area contributed by atoms with Crippen LogP contribution in [0.3, 0.4) is 0 Å². The van der Waals surface area contributed by atoms with Gasteiger partial charge >= 0.3 is 0 Å². The molecule has 1 aromatic carbocycles. The number of benzene rings is 1. The second-order valence-electron chi connectivity index (χ2n) is 4.86. The average Bonchev–Trinajstić information content (AvgIpc) is 3.23. The van der Waals surface area contributed by atoms with Gasteiger partial charge in [-0.3, -0.25) is 4.79 Å². The molecule has 1 aliphatic carbocycles. The topological polar surface area (TPSA) is 76.1 Å². The number of methoxy groups -OCH3 is 1. The number of anilines is 2. The molecule has 3 rings (SSSR count). The summed E-state index contributed by atoms with van der Waals surface area (Å²) < 4.78 is 5.88. The Labute approximate surface area is 136 Å². The molecule has 0 aliphatic heterocycles. The van der Waals surface area contributed by atoms with Gasteiger partial charge in [0.1, 0.15) is 5.75 Å². The van der Waals surface area contributed by atoms with E-state index in [4.69, 9.17) is 4.74 Å². The molecule has 0 saturated heterocycles. The van der Waals surface area contributed by atoms with Crippen LogP contribution in [-0.4, -0.2) is 35.0 Å². The fourth-order valence-corrected chi connectivity index (χ4v) is 3.36. The van der Waals surface area contributed by atoms with Gasteiger partial charge in [-0.05, 0) is 37.1 Å². The van der Waals surface area contributed by atoms with Crippen LogP contribution in [0.1, 0.15) is 12.8 Å². The molecule has 1 saturated carbocycles. The van der Waals surface area contributed by atoms with E-state index in [2.05, 4.69) is 20.8 Å². The number of ether oxygens (including phenoxy) is 1. The van der Waals surface area contributed by atoms with Crippen LogP contribution in [0.4, 0.5) is 10.8 Å². The van der Waals surface area contributed by atoms with E-state index in [9.17, 15) is 4.79 Å². The van der Waals surface area contributed by atoms with E-state index in [1.807, 2.05) is 24.3 Å². The number of carbonyl (C=O) groups excluding carboxylic acids is 1. The van der Waals surface area contributed by atoms with Gasteiger partial charge in [-0.2, -0.15) is 0 Å². The standard InChI is InChI=1S/C14H16N4O2S2/c1-20-11-6-4-9(5-7-11)15-12(19)8-21-14-18-17-13(22-14)16-10-2-3-10/h4-7,10H,2-3,8H2,1H3,(H,15,19)(H,16,17). The quantitative estimate of drug-likeness (QED) is 0.757. The number of hydrogen-bond donors (Lipinski definition) is 2. The van der Waals surface area contributed by atoms with Crippen LogP contribution in [-0.2, 0) is 4.79 Å². The van der Waals surface area contributed by atoms with Crippen molar-refractivity contribution < 1.29 is 9.53 Å². The molecule has 2 aromatic rings. The maximum absolute atomic E-state index is 11.9. The normalized spacial score (nSPS) is 13.7. The molecular weight excluding hydrogens is 320 g/mol. The maximum atomic E-state index is 11.9. The van der Waals surface area contributed by atoms with Crippen molar-refractivity contribution in [2.24, 2.45) is 0 Å². The molecule has 2 N–H and O–H groups in total.